The van der Waals surface area contributed by atoms with Crippen LogP contribution < -0.4 is 4.74 Å². The van der Waals surface area contributed by atoms with E-state index in [1.54, 1.807) is 0 Å². The largest absolute Gasteiger partial charge is 0.488 e. The van der Waals surface area contributed by atoms with Gasteiger partial charge in [0, 0.05) is 23.8 Å². The number of imidazole rings is 1. The van der Waals surface area contributed by atoms with Crippen LogP contribution in [-0.4, -0.2) is 35.2 Å². The zero-order chi connectivity index (χ0) is 23.9. The zero-order valence-corrected chi connectivity index (χ0v) is 19.9. The fraction of sp³-hybridized carbons (Fsp3) is 0.222. The summed E-state index contributed by atoms with van der Waals surface area (Å²) < 4.78 is 8.48. The number of nitrogens with zero attached hydrogens (tertiary/aromatic N) is 6. The van der Waals surface area contributed by atoms with Crippen molar-refractivity contribution in [2.75, 3.05) is 0 Å². The van der Waals surface area contributed by atoms with Gasteiger partial charge in [-0.15, -0.1) is 10.2 Å². The second kappa shape index (κ2) is 8.47. The standard InChI is InChI=1S/C27H25N7O/c1-4-23-29-25-16(2)11-12-28-27(25)34(23)14-18-9-10-20-19(13-18)15-35-22-8-6-5-7-21(22)24(20)17(3)26-30-32-33-31-26/h5-13H,4,14-15H2,1-3H3,(H,30,31,32,33)/b24-17-. The predicted octanol–water partition coefficient (Wildman–Crippen LogP) is 4.73. The highest BCUT2D eigenvalue weighted by Gasteiger charge is 2.23. The lowest BCUT2D eigenvalue weighted by molar-refractivity contribution is 0.307. The number of tetrazole rings is 1. The lowest BCUT2D eigenvalue weighted by Crippen LogP contribution is -2.07. The van der Waals surface area contributed by atoms with Crippen LogP contribution in [0.3, 0.4) is 0 Å². The molecule has 35 heavy (non-hydrogen) atoms. The zero-order valence-electron chi connectivity index (χ0n) is 19.9. The number of fused-ring (bicyclic) bond motifs is 3. The molecule has 0 spiro atoms. The van der Waals surface area contributed by atoms with Crippen molar-refractivity contribution < 1.29 is 4.74 Å². The molecular weight excluding hydrogens is 438 g/mol. The summed E-state index contributed by atoms with van der Waals surface area (Å²) in [4.78, 5) is 9.51. The average Bonchev–Trinajstić information content (AvgIpc) is 3.50. The van der Waals surface area contributed by atoms with E-state index in [0.29, 0.717) is 19.0 Å². The molecule has 1 aliphatic heterocycles. The highest BCUT2D eigenvalue weighted by molar-refractivity contribution is 5.99. The van der Waals surface area contributed by atoms with E-state index in [9.17, 15) is 0 Å². The fourth-order valence-corrected chi connectivity index (χ4v) is 4.85. The molecule has 1 N–H and O–H groups in total. The molecule has 4 heterocycles. The molecule has 0 amide bonds. The Morgan fingerprint density at radius 3 is 2.83 bits per heavy atom. The van der Waals surface area contributed by atoms with Crippen LogP contribution in [0.15, 0.2) is 54.7 Å². The molecule has 1 aliphatic rings. The number of H-pyrrole nitrogens is 1. The number of pyridine rings is 1. The molecular formula is C27H25N7O. The number of para-hydroxylation sites is 1. The van der Waals surface area contributed by atoms with Gasteiger partial charge in [-0.1, -0.05) is 37.3 Å². The maximum absolute atomic E-state index is 6.26. The Bertz CT molecular complexity index is 1580. The Kier molecular flexibility index (Phi) is 5.13. The Balaban J connectivity index is 1.48. The van der Waals surface area contributed by atoms with Crippen molar-refractivity contribution in [1.82, 2.24) is 35.2 Å². The van der Waals surface area contributed by atoms with E-state index < -0.39 is 0 Å². The van der Waals surface area contributed by atoms with Crippen LogP contribution in [0.1, 0.15) is 53.3 Å². The molecule has 0 fully saturated rings. The van der Waals surface area contributed by atoms with Crippen molar-refractivity contribution in [1.29, 1.82) is 0 Å². The first-order chi connectivity index (χ1) is 17.1. The Morgan fingerprint density at radius 2 is 2.00 bits per heavy atom. The monoisotopic (exact) mass is 463 g/mol. The number of ether oxygens (including phenoxy) is 1. The smallest absolute Gasteiger partial charge is 0.201 e. The van der Waals surface area contributed by atoms with E-state index in [0.717, 1.165) is 62.6 Å². The average molecular weight is 464 g/mol. The normalized spacial score (nSPS) is 14.3. The third-order valence-corrected chi connectivity index (χ3v) is 6.61. The molecule has 8 heteroatoms. The minimum absolute atomic E-state index is 0.478. The van der Waals surface area contributed by atoms with Crippen LogP contribution in [0.5, 0.6) is 5.75 Å². The summed E-state index contributed by atoms with van der Waals surface area (Å²) in [7, 11) is 0. The SMILES string of the molecule is CCc1nc2c(C)ccnc2n1Cc1ccc2c(c1)COc1ccccc1/C2=C(/C)c1nn[nH]n1. The van der Waals surface area contributed by atoms with E-state index in [1.165, 1.54) is 5.56 Å². The van der Waals surface area contributed by atoms with Gasteiger partial charge in [0.05, 0.1) is 6.54 Å². The van der Waals surface area contributed by atoms with E-state index in [1.807, 2.05) is 37.4 Å². The van der Waals surface area contributed by atoms with Crippen molar-refractivity contribution in [3.05, 3.63) is 94.2 Å². The molecule has 0 aliphatic carbocycles. The van der Waals surface area contributed by atoms with Crippen LogP contribution in [-0.2, 0) is 19.6 Å². The minimum Gasteiger partial charge on any atom is -0.488 e. The number of aromatic amines is 1. The summed E-state index contributed by atoms with van der Waals surface area (Å²) in [5.74, 6) is 2.45. The first-order valence-corrected chi connectivity index (χ1v) is 11.7. The van der Waals surface area contributed by atoms with Crippen LogP contribution >= 0.6 is 0 Å². The van der Waals surface area contributed by atoms with Crippen molar-refractivity contribution in [3.8, 4) is 5.75 Å². The molecule has 0 saturated carbocycles. The van der Waals surface area contributed by atoms with E-state index >= 15 is 0 Å². The van der Waals surface area contributed by atoms with Crippen LogP contribution in [0.25, 0.3) is 22.3 Å². The van der Waals surface area contributed by atoms with E-state index in [4.69, 9.17) is 9.72 Å². The van der Waals surface area contributed by atoms with Crippen LogP contribution in [0, 0.1) is 6.92 Å². The van der Waals surface area contributed by atoms with Gasteiger partial charge < -0.3 is 9.30 Å². The molecule has 8 nitrogen and oxygen atoms in total. The fourth-order valence-electron chi connectivity index (χ4n) is 4.85. The Labute approximate surface area is 202 Å². The highest BCUT2D eigenvalue weighted by atomic mass is 16.5. The molecule has 6 rings (SSSR count). The molecule has 0 saturated heterocycles. The van der Waals surface area contributed by atoms with Gasteiger partial charge in [0.25, 0.3) is 0 Å². The van der Waals surface area contributed by atoms with Gasteiger partial charge in [-0.2, -0.15) is 5.21 Å². The third kappa shape index (κ3) is 3.58. The lowest BCUT2D eigenvalue weighted by Gasteiger charge is -2.15. The predicted molar refractivity (Wildman–Crippen MR) is 134 cm³/mol. The second-order valence-electron chi connectivity index (χ2n) is 8.78. The summed E-state index contributed by atoms with van der Waals surface area (Å²) >= 11 is 0. The Morgan fingerprint density at radius 1 is 1.11 bits per heavy atom. The number of hydrogen-bond donors (Lipinski definition) is 1. The summed E-state index contributed by atoms with van der Waals surface area (Å²) in [6.45, 7) is 7.41. The summed E-state index contributed by atoms with van der Waals surface area (Å²) in [6, 6.07) is 16.7. The molecule has 0 atom stereocenters. The summed E-state index contributed by atoms with van der Waals surface area (Å²) in [5.41, 5.74) is 9.46. The van der Waals surface area contributed by atoms with Gasteiger partial charge in [-0.3, -0.25) is 0 Å². The first-order valence-electron chi connectivity index (χ1n) is 11.7. The maximum atomic E-state index is 6.26. The summed E-state index contributed by atoms with van der Waals surface area (Å²) in [6.07, 6.45) is 2.70. The van der Waals surface area contributed by atoms with Crippen LogP contribution in [0.2, 0.25) is 0 Å². The van der Waals surface area contributed by atoms with Crippen LogP contribution in [0.4, 0.5) is 0 Å². The molecule has 174 valence electrons. The number of allylic oxidation sites excluding steroid dienone is 1. The quantitative estimate of drug-likeness (QED) is 0.414. The number of aromatic nitrogens is 7. The van der Waals surface area contributed by atoms with Crippen molar-refractivity contribution in [2.24, 2.45) is 0 Å². The van der Waals surface area contributed by atoms with E-state index in [-0.39, 0.29) is 0 Å². The number of rotatable bonds is 4. The lowest BCUT2D eigenvalue weighted by atomic mass is 9.89. The molecule has 0 radical (unpaired) electrons. The van der Waals surface area contributed by atoms with E-state index in [2.05, 4.69) is 68.3 Å². The number of benzene rings is 2. The topological polar surface area (TPSA) is 94.4 Å². The van der Waals surface area contributed by atoms with Crippen molar-refractivity contribution in [3.63, 3.8) is 0 Å². The van der Waals surface area contributed by atoms with Gasteiger partial charge in [-0.25, -0.2) is 9.97 Å². The third-order valence-electron chi connectivity index (χ3n) is 6.61. The molecule has 5 aromatic rings. The van der Waals surface area contributed by atoms with Crippen molar-refractivity contribution >= 4 is 22.3 Å². The highest BCUT2D eigenvalue weighted by Crippen LogP contribution is 2.40. The van der Waals surface area contributed by atoms with Gasteiger partial charge in [0.15, 0.2) is 5.65 Å². The molecule has 2 aromatic carbocycles. The number of hydrogen-bond acceptors (Lipinski definition) is 6. The Hall–Kier alpha value is -4.33. The maximum Gasteiger partial charge on any atom is 0.201 e. The van der Waals surface area contributed by atoms with Gasteiger partial charge in [-0.05, 0) is 65.1 Å². The minimum atomic E-state index is 0.478. The summed E-state index contributed by atoms with van der Waals surface area (Å²) in [5, 5.41) is 14.8. The van der Waals surface area contributed by atoms with Crippen molar-refractivity contribution in [2.45, 2.75) is 40.3 Å². The first kappa shape index (κ1) is 21.2. The van der Waals surface area contributed by atoms with Gasteiger partial charge in [0.2, 0.25) is 5.82 Å². The second-order valence-corrected chi connectivity index (χ2v) is 8.78. The number of aryl methyl sites for hydroxylation is 2. The molecule has 3 aromatic heterocycles. The van der Waals surface area contributed by atoms with Gasteiger partial charge >= 0.3 is 0 Å². The number of nitrogens with one attached hydrogen (secondary N) is 1. The molecule has 0 bridgehead atoms. The molecule has 0 unspecified atom stereocenters. The van der Waals surface area contributed by atoms with Gasteiger partial charge in [0.1, 0.15) is 23.7 Å².